The van der Waals surface area contributed by atoms with Crippen LogP contribution in [0.3, 0.4) is 0 Å². The fraction of sp³-hybridized carbons (Fsp3) is 0.769. The third-order valence-corrected chi connectivity index (χ3v) is 3.39. The summed E-state index contributed by atoms with van der Waals surface area (Å²) in [6.45, 7) is 3.19. The molecule has 3 N–H and O–H groups in total. The van der Waals surface area contributed by atoms with Gasteiger partial charge in [-0.3, -0.25) is 9.59 Å². The lowest BCUT2D eigenvalue weighted by atomic mass is 10.1. The van der Waals surface area contributed by atoms with Crippen molar-refractivity contribution >= 4 is 17.9 Å². The molecule has 0 aromatic rings. The van der Waals surface area contributed by atoms with Crippen LogP contribution in [0.1, 0.15) is 19.8 Å². The number of amides is 3. The first-order valence-electron chi connectivity index (χ1n) is 7.01. The molecule has 2 atom stereocenters. The van der Waals surface area contributed by atoms with Crippen molar-refractivity contribution in [3.05, 3.63) is 0 Å². The smallest absolute Gasteiger partial charge is 0.318 e. The summed E-state index contributed by atoms with van der Waals surface area (Å²) in [5.41, 5.74) is 0. The molecule has 2 unspecified atom stereocenters. The molecule has 0 saturated carbocycles. The Kier molecular flexibility index (Phi) is 6.93. The average molecular weight is 301 g/mol. The van der Waals surface area contributed by atoms with Crippen LogP contribution < -0.4 is 10.6 Å². The number of hydrogen-bond donors (Lipinski definition) is 3. The number of carbonyl (C=O) groups is 3. The molecule has 8 nitrogen and oxygen atoms in total. The van der Waals surface area contributed by atoms with E-state index in [4.69, 9.17) is 9.84 Å². The van der Waals surface area contributed by atoms with Crippen molar-refractivity contribution in [1.82, 2.24) is 15.5 Å². The molecular weight excluding hydrogens is 278 g/mol. The standard InChI is InChI=1S/C13H23N3O5/c1-9(3-4-11(17)18)7-15-13(20)16-5-6-21-8-10(16)12(19)14-2/h9-10H,3-8H2,1-2H3,(H,14,19)(H,15,20)(H,17,18). The Labute approximate surface area is 123 Å². The van der Waals surface area contributed by atoms with Gasteiger partial charge in [-0.1, -0.05) is 6.92 Å². The molecule has 1 saturated heterocycles. The lowest BCUT2D eigenvalue weighted by Gasteiger charge is -2.34. The van der Waals surface area contributed by atoms with Gasteiger partial charge in [0.05, 0.1) is 13.2 Å². The van der Waals surface area contributed by atoms with E-state index in [1.807, 2.05) is 6.92 Å². The Hall–Kier alpha value is -1.83. The highest BCUT2D eigenvalue weighted by Gasteiger charge is 2.32. The van der Waals surface area contributed by atoms with Crippen LogP contribution in [0.2, 0.25) is 0 Å². The zero-order valence-electron chi connectivity index (χ0n) is 12.4. The number of nitrogens with one attached hydrogen (secondary N) is 2. The molecule has 0 radical (unpaired) electrons. The topological polar surface area (TPSA) is 108 Å². The quantitative estimate of drug-likeness (QED) is 0.621. The van der Waals surface area contributed by atoms with Crippen LogP contribution in [0.4, 0.5) is 4.79 Å². The van der Waals surface area contributed by atoms with Gasteiger partial charge in [0.1, 0.15) is 6.04 Å². The molecule has 1 aliphatic rings. The van der Waals surface area contributed by atoms with Crippen LogP contribution >= 0.6 is 0 Å². The van der Waals surface area contributed by atoms with E-state index >= 15 is 0 Å². The first kappa shape index (κ1) is 17.2. The van der Waals surface area contributed by atoms with Gasteiger partial charge in [0.25, 0.3) is 0 Å². The van der Waals surface area contributed by atoms with Crippen molar-refractivity contribution in [1.29, 1.82) is 0 Å². The van der Waals surface area contributed by atoms with E-state index in [1.165, 1.54) is 11.9 Å². The minimum Gasteiger partial charge on any atom is -0.481 e. The molecule has 1 heterocycles. The lowest BCUT2D eigenvalue weighted by molar-refractivity contribution is -0.137. The number of carboxylic acids is 1. The van der Waals surface area contributed by atoms with Gasteiger partial charge in [0, 0.05) is 26.6 Å². The van der Waals surface area contributed by atoms with Crippen molar-refractivity contribution in [2.45, 2.75) is 25.8 Å². The molecule has 21 heavy (non-hydrogen) atoms. The van der Waals surface area contributed by atoms with Crippen molar-refractivity contribution in [2.75, 3.05) is 33.4 Å². The van der Waals surface area contributed by atoms with E-state index in [0.717, 1.165) is 0 Å². The number of rotatable bonds is 6. The summed E-state index contributed by atoms with van der Waals surface area (Å²) in [6.07, 6.45) is 0.576. The van der Waals surface area contributed by atoms with E-state index in [9.17, 15) is 14.4 Å². The number of urea groups is 1. The van der Waals surface area contributed by atoms with Gasteiger partial charge < -0.3 is 25.4 Å². The minimum atomic E-state index is -0.846. The predicted octanol–water partition coefficient (Wildman–Crippen LogP) is -0.356. The Morgan fingerprint density at radius 3 is 2.76 bits per heavy atom. The Morgan fingerprint density at radius 2 is 2.14 bits per heavy atom. The summed E-state index contributed by atoms with van der Waals surface area (Å²) in [5.74, 6) is -1.05. The van der Waals surface area contributed by atoms with Crippen molar-refractivity contribution in [3.8, 4) is 0 Å². The van der Waals surface area contributed by atoms with Crippen LogP contribution in [0.25, 0.3) is 0 Å². The highest BCUT2D eigenvalue weighted by atomic mass is 16.5. The lowest BCUT2D eigenvalue weighted by Crippen LogP contribution is -2.58. The number of morpholine rings is 1. The fourth-order valence-corrected chi connectivity index (χ4v) is 2.07. The summed E-state index contributed by atoms with van der Waals surface area (Å²) in [6, 6.07) is -0.952. The molecule has 0 bridgehead atoms. The maximum absolute atomic E-state index is 12.1. The Bertz CT molecular complexity index is 388. The van der Waals surface area contributed by atoms with E-state index < -0.39 is 12.0 Å². The van der Waals surface area contributed by atoms with E-state index in [0.29, 0.717) is 26.1 Å². The van der Waals surface area contributed by atoms with Crippen LogP contribution in [-0.4, -0.2) is 67.3 Å². The van der Waals surface area contributed by atoms with Crippen LogP contribution in [-0.2, 0) is 14.3 Å². The number of carbonyl (C=O) groups excluding carboxylic acids is 2. The molecule has 0 aromatic heterocycles. The zero-order valence-corrected chi connectivity index (χ0v) is 12.4. The van der Waals surface area contributed by atoms with Gasteiger partial charge >= 0.3 is 12.0 Å². The van der Waals surface area contributed by atoms with Gasteiger partial charge in [-0.15, -0.1) is 0 Å². The SMILES string of the molecule is CNC(=O)C1COCCN1C(=O)NCC(C)CCC(=O)O. The van der Waals surface area contributed by atoms with Crippen molar-refractivity contribution < 1.29 is 24.2 Å². The second-order valence-electron chi connectivity index (χ2n) is 5.12. The number of aliphatic carboxylic acids is 1. The first-order chi connectivity index (χ1) is 9.95. The van der Waals surface area contributed by atoms with Gasteiger partial charge in [0.15, 0.2) is 0 Å². The number of nitrogens with zero attached hydrogens (tertiary/aromatic N) is 1. The highest BCUT2D eigenvalue weighted by molar-refractivity contribution is 5.87. The third-order valence-electron chi connectivity index (χ3n) is 3.39. The van der Waals surface area contributed by atoms with Gasteiger partial charge in [-0.05, 0) is 12.3 Å². The number of likely N-dealkylation sites (N-methyl/N-ethyl adjacent to an activating group) is 1. The number of carboxylic acid groups (broad SMARTS) is 1. The zero-order chi connectivity index (χ0) is 15.8. The fourth-order valence-electron chi connectivity index (χ4n) is 2.07. The van der Waals surface area contributed by atoms with Gasteiger partial charge in [-0.2, -0.15) is 0 Å². The molecule has 120 valence electrons. The summed E-state index contributed by atoms with van der Waals surface area (Å²) in [5, 5.41) is 13.9. The van der Waals surface area contributed by atoms with E-state index in [1.54, 1.807) is 0 Å². The maximum atomic E-state index is 12.1. The monoisotopic (exact) mass is 301 g/mol. The summed E-state index contributed by atoms with van der Waals surface area (Å²) >= 11 is 0. The molecule has 0 aliphatic carbocycles. The van der Waals surface area contributed by atoms with Crippen molar-refractivity contribution in [2.24, 2.45) is 5.92 Å². The van der Waals surface area contributed by atoms with Gasteiger partial charge in [0.2, 0.25) is 5.91 Å². The van der Waals surface area contributed by atoms with Crippen LogP contribution in [0.15, 0.2) is 0 Å². The molecule has 1 aliphatic heterocycles. The van der Waals surface area contributed by atoms with Crippen molar-refractivity contribution in [3.63, 3.8) is 0 Å². The normalized spacial score (nSPS) is 19.7. The molecule has 0 aromatic carbocycles. The molecule has 3 amide bonds. The summed E-state index contributed by atoms with van der Waals surface area (Å²) in [7, 11) is 1.51. The van der Waals surface area contributed by atoms with E-state index in [-0.39, 0.29) is 30.9 Å². The molecule has 1 rings (SSSR count). The van der Waals surface area contributed by atoms with Gasteiger partial charge in [-0.25, -0.2) is 4.79 Å². The van der Waals surface area contributed by atoms with Crippen LogP contribution in [0.5, 0.6) is 0 Å². The second-order valence-corrected chi connectivity index (χ2v) is 5.12. The molecular formula is C13H23N3O5. The third kappa shape index (κ3) is 5.58. The summed E-state index contributed by atoms with van der Waals surface area (Å²) < 4.78 is 5.23. The maximum Gasteiger partial charge on any atom is 0.318 e. The predicted molar refractivity (Wildman–Crippen MR) is 74.8 cm³/mol. The first-order valence-corrected chi connectivity index (χ1v) is 7.01. The minimum absolute atomic E-state index is 0.0598. The number of hydrogen-bond acceptors (Lipinski definition) is 4. The largest absolute Gasteiger partial charge is 0.481 e. The highest BCUT2D eigenvalue weighted by Crippen LogP contribution is 2.09. The molecule has 1 fully saturated rings. The Balaban J connectivity index is 2.45. The Morgan fingerprint density at radius 1 is 1.43 bits per heavy atom. The molecule has 0 spiro atoms. The second kappa shape index (κ2) is 8.46. The molecule has 8 heteroatoms. The summed E-state index contributed by atoms with van der Waals surface area (Å²) in [4.78, 5) is 35.8. The average Bonchev–Trinajstić information content (AvgIpc) is 2.49. The van der Waals surface area contributed by atoms with E-state index in [2.05, 4.69) is 10.6 Å². The number of ether oxygens (including phenoxy) is 1. The van der Waals surface area contributed by atoms with Crippen LogP contribution in [0, 0.1) is 5.92 Å².